The van der Waals surface area contributed by atoms with Gasteiger partial charge < -0.3 is 10.6 Å². The molecule has 6 nitrogen and oxygen atoms in total. The van der Waals surface area contributed by atoms with Gasteiger partial charge in [0.1, 0.15) is 6.04 Å². The summed E-state index contributed by atoms with van der Waals surface area (Å²) < 4.78 is 39.6. The monoisotopic (exact) mass is 436 g/mol. The molecule has 0 saturated heterocycles. The number of amides is 2. The number of alkyl halides is 3. The molecule has 2 amide bonds. The third kappa shape index (κ3) is 5.07. The quantitative estimate of drug-likeness (QED) is 0.595. The number of aryl methyl sites for hydroxylation is 2. The lowest BCUT2D eigenvalue weighted by Gasteiger charge is -2.18. The van der Waals surface area contributed by atoms with Crippen LogP contribution in [0.4, 0.5) is 18.9 Å². The van der Waals surface area contributed by atoms with Crippen molar-refractivity contribution in [3.05, 3.63) is 69.7 Å². The molecule has 1 atom stereocenters. The first-order valence-corrected chi connectivity index (χ1v) is 9.85. The molecule has 3 aromatic rings. The molecule has 1 aromatic carbocycles. The molecule has 0 aliphatic heterocycles. The van der Waals surface area contributed by atoms with Crippen LogP contribution in [0.25, 0.3) is 0 Å². The van der Waals surface area contributed by atoms with E-state index in [1.54, 1.807) is 4.68 Å². The lowest BCUT2D eigenvalue weighted by Crippen LogP contribution is -2.39. The van der Waals surface area contributed by atoms with Crippen molar-refractivity contribution >= 4 is 28.8 Å². The molecule has 0 saturated carbocycles. The van der Waals surface area contributed by atoms with Gasteiger partial charge in [-0.3, -0.25) is 14.3 Å². The van der Waals surface area contributed by atoms with Gasteiger partial charge in [0.15, 0.2) is 0 Å². The van der Waals surface area contributed by atoms with Gasteiger partial charge in [0.2, 0.25) is 0 Å². The molecule has 2 heterocycles. The molecular weight excluding hydrogens is 417 g/mol. The smallest absolute Gasteiger partial charge is 0.345 e. The molecule has 0 aliphatic rings. The number of rotatable bonds is 5. The van der Waals surface area contributed by atoms with Crippen LogP contribution in [0.1, 0.15) is 27.9 Å². The Morgan fingerprint density at radius 3 is 2.37 bits per heavy atom. The highest BCUT2D eigenvalue weighted by Crippen LogP contribution is 2.29. The molecule has 2 N–H and O–H groups in total. The van der Waals surface area contributed by atoms with Crippen LogP contribution in [0.5, 0.6) is 0 Å². The van der Waals surface area contributed by atoms with E-state index >= 15 is 0 Å². The lowest BCUT2D eigenvalue weighted by molar-refractivity contribution is -0.137. The van der Waals surface area contributed by atoms with Gasteiger partial charge in [0.25, 0.3) is 0 Å². The highest BCUT2D eigenvalue weighted by Gasteiger charge is 2.30. The first-order chi connectivity index (χ1) is 14.1. The number of anilines is 1. The van der Waals surface area contributed by atoms with Crippen molar-refractivity contribution in [2.24, 2.45) is 0 Å². The van der Waals surface area contributed by atoms with Crippen LogP contribution in [0.2, 0.25) is 0 Å². The van der Waals surface area contributed by atoms with Crippen molar-refractivity contribution in [1.82, 2.24) is 15.1 Å². The van der Waals surface area contributed by atoms with E-state index < -0.39 is 23.6 Å². The summed E-state index contributed by atoms with van der Waals surface area (Å²) in [6.45, 7) is 3.90. The van der Waals surface area contributed by atoms with Gasteiger partial charge >= 0.3 is 18.0 Å². The van der Waals surface area contributed by atoms with Crippen LogP contribution < -0.4 is 10.6 Å². The van der Waals surface area contributed by atoms with Gasteiger partial charge in [-0.15, -0.1) is 11.3 Å². The fourth-order valence-corrected chi connectivity index (χ4v) is 3.76. The fourth-order valence-electron chi connectivity index (χ4n) is 2.95. The van der Waals surface area contributed by atoms with Crippen molar-refractivity contribution in [2.75, 3.05) is 11.9 Å². The molecule has 10 heteroatoms. The maximum absolute atomic E-state index is 12.6. The zero-order valence-electron chi connectivity index (χ0n) is 16.2. The van der Waals surface area contributed by atoms with Crippen molar-refractivity contribution in [1.29, 1.82) is 0 Å². The Labute approximate surface area is 174 Å². The van der Waals surface area contributed by atoms with Crippen LogP contribution in [-0.4, -0.2) is 28.1 Å². The van der Waals surface area contributed by atoms with E-state index in [1.807, 2.05) is 37.4 Å². The van der Waals surface area contributed by atoms with Crippen LogP contribution in [0, 0.1) is 13.8 Å². The summed E-state index contributed by atoms with van der Waals surface area (Å²) in [5.41, 5.74) is 1.000. The topological polar surface area (TPSA) is 76.0 Å². The Bertz CT molecular complexity index is 1030. The van der Waals surface area contributed by atoms with E-state index in [4.69, 9.17) is 0 Å². The Kier molecular flexibility index (Phi) is 6.25. The summed E-state index contributed by atoms with van der Waals surface area (Å²) in [6, 6.07) is 9.29. The Morgan fingerprint density at radius 2 is 1.83 bits per heavy atom. The number of carbonyl (C=O) groups is 2. The van der Waals surface area contributed by atoms with Gasteiger partial charge in [-0.05, 0) is 55.6 Å². The lowest BCUT2D eigenvalue weighted by atomic mass is 10.2. The average molecular weight is 436 g/mol. The van der Waals surface area contributed by atoms with Gasteiger partial charge in [-0.25, -0.2) is 0 Å². The highest BCUT2D eigenvalue weighted by atomic mass is 32.1. The molecule has 1 unspecified atom stereocenters. The van der Waals surface area contributed by atoms with E-state index in [2.05, 4.69) is 15.7 Å². The molecule has 0 aliphatic carbocycles. The highest BCUT2D eigenvalue weighted by molar-refractivity contribution is 7.10. The SMILES string of the molecule is Cc1cc(C)n(C(CNC(=O)C(=O)Nc2ccc(C(F)(F)F)cc2)c2cccs2)n1. The zero-order chi connectivity index (χ0) is 21.9. The number of nitrogens with one attached hydrogen (secondary N) is 2. The molecule has 3 rings (SSSR count). The predicted molar refractivity (Wildman–Crippen MR) is 107 cm³/mol. The number of hydrogen-bond acceptors (Lipinski definition) is 4. The summed E-state index contributed by atoms with van der Waals surface area (Å²) in [5.74, 6) is -1.86. The molecule has 0 spiro atoms. The number of carbonyl (C=O) groups excluding carboxylic acids is 2. The maximum Gasteiger partial charge on any atom is 0.416 e. The zero-order valence-corrected chi connectivity index (χ0v) is 17.0. The summed E-state index contributed by atoms with van der Waals surface area (Å²) in [4.78, 5) is 25.3. The third-order valence-corrected chi connectivity index (χ3v) is 5.32. The summed E-state index contributed by atoms with van der Waals surface area (Å²) >= 11 is 1.51. The van der Waals surface area contributed by atoms with E-state index in [9.17, 15) is 22.8 Å². The first-order valence-electron chi connectivity index (χ1n) is 8.97. The fraction of sp³-hybridized carbons (Fsp3) is 0.250. The number of nitrogens with zero attached hydrogens (tertiary/aromatic N) is 2. The molecule has 158 valence electrons. The van der Waals surface area contributed by atoms with Crippen LogP contribution in [-0.2, 0) is 15.8 Å². The van der Waals surface area contributed by atoms with Crippen LogP contribution >= 0.6 is 11.3 Å². The second-order valence-corrected chi connectivity index (χ2v) is 7.62. The minimum absolute atomic E-state index is 0.0940. The van der Waals surface area contributed by atoms with Crippen LogP contribution in [0.15, 0.2) is 47.8 Å². The van der Waals surface area contributed by atoms with Gasteiger partial charge in [0.05, 0.1) is 11.3 Å². The second-order valence-electron chi connectivity index (χ2n) is 6.64. The van der Waals surface area contributed by atoms with Crippen molar-refractivity contribution < 1.29 is 22.8 Å². The van der Waals surface area contributed by atoms with Gasteiger partial charge in [0, 0.05) is 22.8 Å². The molecule has 0 radical (unpaired) electrons. The predicted octanol–water partition coefficient (Wildman–Crippen LogP) is 3.92. The number of thiophene rings is 1. The van der Waals surface area contributed by atoms with E-state index in [1.165, 1.54) is 11.3 Å². The minimum atomic E-state index is -4.47. The van der Waals surface area contributed by atoms with E-state index in [-0.39, 0.29) is 18.3 Å². The minimum Gasteiger partial charge on any atom is -0.345 e. The van der Waals surface area contributed by atoms with Crippen molar-refractivity contribution in [3.8, 4) is 0 Å². The Balaban J connectivity index is 1.65. The van der Waals surface area contributed by atoms with E-state index in [0.717, 1.165) is 40.5 Å². The molecule has 0 fully saturated rings. The normalized spacial score (nSPS) is 12.4. The number of hydrogen-bond donors (Lipinski definition) is 2. The van der Waals surface area contributed by atoms with Gasteiger partial charge in [-0.2, -0.15) is 18.3 Å². The third-order valence-electron chi connectivity index (χ3n) is 4.34. The Hall–Kier alpha value is -3.14. The molecule has 2 aromatic heterocycles. The first kappa shape index (κ1) is 21.6. The summed E-state index contributed by atoms with van der Waals surface area (Å²) in [5, 5.41) is 11.2. The van der Waals surface area contributed by atoms with Crippen molar-refractivity contribution in [3.63, 3.8) is 0 Å². The number of halogens is 3. The molecular formula is C20H19F3N4O2S. The van der Waals surface area contributed by atoms with Crippen LogP contribution in [0.3, 0.4) is 0 Å². The molecule has 0 bridgehead atoms. The molecule has 30 heavy (non-hydrogen) atoms. The standard InChI is InChI=1S/C20H19F3N4O2S/c1-12-10-13(2)27(26-12)16(17-4-3-9-30-17)11-24-18(28)19(29)25-15-7-5-14(6-8-15)20(21,22)23/h3-10,16H,11H2,1-2H3,(H,24,28)(H,25,29). The van der Waals surface area contributed by atoms with Gasteiger partial charge in [-0.1, -0.05) is 6.07 Å². The summed E-state index contributed by atoms with van der Waals surface area (Å²) in [7, 11) is 0. The largest absolute Gasteiger partial charge is 0.416 e. The summed E-state index contributed by atoms with van der Waals surface area (Å²) in [6.07, 6.45) is -4.47. The second kappa shape index (κ2) is 8.70. The maximum atomic E-state index is 12.6. The van der Waals surface area contributed by atoms with Crippen molar-refractivity contribution in [2.45, 2.75) is 26.1 Å². The average Bonchev–Trinajstić information content (AvgIpc) is 3.31. The number of benzene rings is 1. The van der Waals surface area contributed by atoms with E-state index in [0.29, 0.717) is 0 Å². The Morgan fingerprint density at radius 1 is 1.13 bits per heavy atom. The number of aromatic nitrogens is 2.